The summed E-state index contributed by atoms with van der Waals surface area (Å²) in [6, 6.07) is 5.99. The smallest absolute Gasteiger partial charge is 0.232 e. The molecule has 1 N–H and O–H groups in total. The molecule has 2 aromatic heterocycles. The maximum atomic E-state index is 13.1. The highest BCUT2D eigenvalue weighted by molar-refractivity contribution is 7.17. The SMILES string of the molecule is Oc1nc(-c2ccc(F)c(Cl)c2)nc2ccsc12. The van der Waals surface area contributed by atoms with Crippen LogP contribution in [-0.4, -0.2) is 15.1 Å². The van der Waals surface area contributed by atoms with Gasteiger partial charge in [-0.2, -0.15) is 4.98 Å². The summed E-state index contributed by atoms with van der Waals surface area (Å²) in [6.07, 6.45) is 0. The molecule has 3 nitrogen and oxygen atoms in total. The minimum atomic E-state index is -0.499. The Morgan fingerprint density at radius 1 is 1.22 bits per heavy atom. The highest BCUT2D eigenvalue weighted by Crippen LogP contribution is 2.30. The monoisotopic (exact) mass is 280 g/mol. The number of nitrogens with zero attached hydrogens (tertiary/aromatic N) is 2. The minimum Gasteiger partial charge on any atom is -0.492 e. The van der Waals surface area contributed by atoms with Crippen LogP contribution in [0.2, 0.25) is 5.02 Å². The number of halogens is 2. The fourth-order valence-electron chi connectivity index (χ4n) is 1.61. The van der Waals surface area contributed by atoms with Crippen LogP contribution >= 0.6 is 22.9 Å². The van der Waals surface area contributed by atoms with Gasteiger partial charge in [0.2, 0.25) is 5.88 Å². The molecule has 90 valence electrons. The van der Waals surface area contributed by atoms with E-state index in [0.29, 0.717) is 21.6 Å². The lowest BCUT2D eigenvalue weighted by atomic mass is 10.2. The Hall–Kier alpha value is -1.72. The van der Waals surface area contributed by atoms with E-state index in [9.17, 15) is 9.50 Å². The second-order valence-corrected chi connectivity index (χ2v) is 4.96. The van der Waals surface area contributed by atoms with Gasteiger partial charge in [0.25, 0.3) is 0 Å². The Labute approximate surface area is 111 Å². The predicted molar refractivity (Wildman–Crippen MR) is 69.5 cm³/mol. The van der Waals surface area contributed by atoms with E-state index in [-0.39, 0.29) is 10.9 Å². The largest absolute Gasteiger partial charge is 0.492 e. The van der Waals surface area contributed by atoms with Crippen LogP contribution in [-0.2, 0) is 0 Å². The minimum absolute atomic E-state index is 0.000931. The van der Waals surface area contributed by atoms with Crippen molar-refractivity contribution in [3.8, 4) is 17.3 Å². The molecular formula is C12H6ClFN2OS. The molecular weight excluding hydrogens is 275 g/mol. The van der Waals surface area contributed by atoms with Crippen LogP contribution in [0, 0.1) is 5.82 Å². The maximum Gasteiger partial charge on any atom is 0.232 e. The Kier molecular flexibility index (Phi) is 2.65. The van der Waals surface area contributed by atoms with Crippen molar-refractivity contribution in [2.45, 2.75) is 0 Å². The molecule has 0 fully saturated rings. The van der Waals surface area contributed by atoms with Crippen molar-refractivity contribution in [1.29, 1.82) is 0 Å². The van der Waals surface area contributed by atoms with Crippen LogP contribution < -0.4 is 0 Å². The molecule has 3 rings (SSSR count). The third kappa shape index (κ3) is 1.81. The lowest BCUT2D eigenvalue weighted by molar-refractivity contribution is 0.461. The number of fused-ring (bicyclic) bond motifs is 1. The van der Waals surface area contributed by atoms with E-state index in [1.165, 1.54) is 29.5 Å². The van der Waals surface area contributed by atoms with Crippen molar-refractivity contribution in [1.82, 2.24) is 9.97 Å². The molecule has 3 aromatic rings. The van der Waals surface area contributed by atoms with Crippen molar-refractivity contribution < 1.29 is 9.50 Å². The van der Waals surface area contributed by atoms with Crippen LogP contribution in [0.4, 0.5) is 4.39 Å². The molecule has 0 bridgehead atoms. The van der Waals surface area contributed by atoms with Gasteiger partial charge in [0.15, 0.2) is 5.82 Å². The summed E-state index contributed by atoms with van der Waals surface area (Å²) < 4.78 is 13.7. The molecule has 0 aliphatic carbocycles. The molecule has 18 heavy (non-hydrogen) atoms. The molecule has 0 aliphatic heterocycles. The lowest BCUT2D eigenvalue weighted by Crippen LogP contribution is -1.90. The third-order valence-corrected chi connectivity index (χ3v) is 3.65. The van der Waals surface area contributed by atoms with E-state index in [1.807, 2.05) is 5.38 Å². The number of thiophene rings is 1. The zero-order valence-corrected chi connectivity index (χ0v) is 10.5. The van der Waals surface area contributed by atoms with Gasteiger partial charge in [0.05, 0.1) is 10.5 Å². The average Bonchev–Trinajstić information content (AvgIpc) is 2.81. The predicted octanol–water partition coefficient (Wildman–Crippen LogP) is 3.86. The Morgan fingerprint density at radius 2 is 2.06 bits per heavy atom. The molecule has 2 heterocycles. The normalized spacial score (nSPS) is 11.0. The molecule has 0 saturated heterocycles. The number of hydrogen-bond acceptors (Lipinski definition) is 4. The average molecular weight is 281 g/mol. The van der Waals surface area contributed by atoms with Gasteiger partial charge in [-0.3, -0.25) is 0 Å². The van der Waals surface area contributed by atoms with Gasteiger partial charge < -0.3 is 5.11 Å². The molecule has 0 unspecified atom stereocenters. The van der Waals surface area contributed by atoms with Crippen LogP contribution in [0.1, 0.15) is 0 Å². The number of benzene rings is 1. The van der Waals surface area contributed by atoms with Gasteiger partial charge in [0, 0.05) is 5.56 Å². The number of rotatable bonds is 1. The molecule has 0 saturated carbocycles. The van der Waals surface area contributed by atoms with Crippen molar-refractivity contribution in [2.75, 3.05) is 0 Å². The highest BCUT2D eigenvalue weighted by Gasteiger charge is 2.11. The highest BCUT2D eigenvalue weighted by atomic mass is 35.5. The molecule has 0 spiro atoms. The van der Waals surface area contributed by atoms with Crippen molar-refractivity contribution in [2.24, 2.45) is 0 Å². The number of aromatic hydroxyl groups is 1. The topological polar surface area (TPSA) is 46.0 Å². The third-order valence-electron chi connectivity index (χ3n) is 2.46. The van der Waals surface area contributed by atoms with Gasteiger partial charge >= 0.3 is 0 Å². The number of hydrogen-bond donors (Lipinski definition) is 1. The fourth-order valence-corrected chi connectivity index (χ4v) is 2.51. The van der Waals surface area contributed by atoms with E-state index < -0.39 is 5.82 Å². The summed E-state index contributed by atoms with van der Waals surface area (Å²) in [6.45, 7) is 0. The zero-order valence-electron chi connectivity index (χ0n) is 8.89. The van der Waals surface area contributed by atoms with Crippen LogP contribution in [0.3, 0.4) is 0 Å². The van der Waals surface area contributed by atoms with Crippen molar-refractivity contribution in [3.05, 3.63) is 40.5 Å². The Bertz CT molecular complexity index is 744. The first-order chi connectivity index (χ1) is 8.65. The van der Waals surface area contributed by atoms with Crippen LogP contribution in [0.15, 0.2) is 29.6 Å². The first-order valence-corrected chi connectivity index (χ1v) is 6.30. The van der Waals surface area contributed by atoms with Gasteiger partial charge in [-0.1, -0.05) is 11.6 Å². The first kappa shape index (κ1) is 11.4. The molecule has 0 atom stereocenters. The van der Waals surface area contributed by atoms with Crippen molar-refractivity contribution >= 4 is 33.2 Å². The molecule has 0 aliphatic rings. The Balaban J connectivity index is 2.21. The van der Waals surface area contributed by atoms with E-state index in [2.05, 4.69) is 9.97 Å². The summed E-state index contributed by atoms with van der Waals surface area (Å²) >= 11 is 7.07. The van der Waals surface area contributed by atoms with Gasteiger partial charge in [0.1, 0.15) is 10.5 Å². The van der Waals surface area contributed by atoms with E-state index in [4.69, 9.17) is 11.6 Å². The van der Waals surface area contributed by atoms with E-state index >= 15 is 0 Å². The van der Waals surface area contributed by atoms with Crippen LogP contribution in [0.25, 0.3) is 21.6 Å². The van der Waals surface area contributed by atoms with E-state index in [1.54, 1.807) is 6.07 Å². The quantitative estimate of drug-likeness (QED) is 0.736. The summed E-state index contributed by atoms with van der Waals surface area (Å²) in [5.41, 5.74) is 1.22. The van der Waals surface area contributed by atoms with Gasteiger partial charge in [-0.05, 0) is 29.6 Å². The lowest BCUT2D eigenvalue weighted by Gasteiger charge is -2.03. The van der Waals surface area contributed by atoms with E-state index in [0.717, 1.165) is 0 Å². The molecule has 0 amide bonds. The van der Waals surface area contributed by atoms with Gasteiger partial charge in [-0.15, -0.1) is 11.3 Å². The van der Waals surface area contributed by atoms with Crippen molar-refractivity contribution in [3.63, 3.8) is 0 Å². The fraction of sp³-hybridized carbons (Fsp3) is 0. The second kappa shape index (κ2) is 4.19. The zero-order chi connectivity index (χ0) is 12.7. The second-order valence-electron chi connectivity index (χ2n) is 3.63. The van der Waals surface area contributed by atoms with Gasteiger partial charge in [-0.25, -0.2) is 9.37 Å². The maximum absolute atomic E-state index is 13.1. The molecule has 0 radical (unpaired) electrons. The summed E-state index contributed by atoms with van der Waals surface area (Å²) in [5, 5.41) is 11.6. The summed E-state index contributed by atoms with van der Waals surface area (Å²) in [4.78, 5) is 8.28. The molecule has 6 heteroatoms. The molecule has 1 aromatic carbocycles. The standard InChI is InChI=1S/C12H6ClFN2OS/c13-7-5-6(1-2-8(7)14)11-15-9-3-4-18-10(9)12(17)16-11/h1-5H,(H,15,16,17). The summed E-state index contributed by atoms with van der Waals surface area (Å²) in [5.74, 6) is -0.257. The number of aromatic nitrogens is 2. The summed E-state index contributed by atoms with van der Waals surface area (Å²) in [7, 11) is 0. The van der Waals surface area contributed by atoms with Crippen LogP contribution in [0.5, 0.6) is 5.88 Å². The first-order valence-electron chi connectivity index (χ1n) is 5.05. The Morgan fingerprint density at radius 3 is 2.83 bits per heavy atom.